The van der Waals surface area contributed by atoms with E-state index >= 15 is 17.6 Å². The number of fused-ring (bicyclic) bond motifs is 2. The first-order valence-electron chi connectivity index (χ1n) is 27.6. The van der Waals surface area contributed by atoms with Crippen LogP contribution < -0.4 is 9.47 Å². The molecule has 6 heterocycles. The highest BCUT2D eigenvalue weighted by atomic mass is 19.1. The molecule has 6 aromatic carbocycles. The molecule has 0 spiro atoms. The lowest BCUT2D eigenvalue weighted by molar-refractivity contribution is 0.0686. The van der Waals surface area contributed by atoms with E-state index in [0.717, 1.165) is 46.8 Å². The molecule has 0 atom stereocenters. The molecule has 0 amide bonds. The summed E-state index contributed by atoms with van der Waals surface area (Å²) in [5.41, 5.74) is 6.54. The van der Waals surface area contributed by atoms with Crippen molar-refractivity contribution in [2.75, 3.05) is 27.4 Å². The summed E-state index contributed by atoms with van der Waals surface area (Å²) >= 11 is 0. The molecule has 0 saturated heterocycles. The average Bonchev–Trinajstić information content (AvgIpc) is 2.11. The molecular weight excluding hydrogens is 1140 g/mol. The second kappa shape index (κ2) is 26.6. The van der Waals surface area contributed by atoms with E-state index in [1.807, 2.05) is 73.1 Å². The van der Waals surface area contributed by atoms with Gasteiger partial charge in [-0.1, -0.05) is 48.5 Å². The summed E-state index contributed by atoms with van der Waals surface area (Å²) in [6.07, 6.45) is 7.05. The Morgan fingerprint density at radius 3 is 1.30 bits per heavy atom. The standard InChI is InChI=1S/2C33H27F2N5O4/c2*1-43-13-12-39-30-15-22(33(41)42)10-11-29(30)37-31(39)16-23-14-27(35)25(17-26(23)34)28-8-5-9-32(38-28)44-20-21-18-36-40(19-21)24-6-3-2-4-7-24/h2*2-11,14-15,17-19H,12-13,16,20H2,1H3,(H,41,42). The number of para-hydroxylation sites is 2. The van der Waals surface area contributed by atoms with Crippen LogP contribution in [0.5, 0.6) is 11.8 Å². The molecule has 0 radical (unpaired) electrons. The summed E-state index contributed by atoms with van der Waals surface area (Å²) in [6.45, 7) is 1.75. The van der Waals surface area contributed by atoms with Crippen LogP contribution in [0.4, 0.5) is 17.6 Å². The number of methoxy groups -OCH3 is 2. The maximum atomic E-state index is 15.4. The van der Waals surface area contributed by atoms with Crippen molar-refractivity contribution >= 4 is 34.0 Å². The SMILES string of the molecule is COCCn1c(Cc2cc(F)c(-c3cccc(OCc4cnn(-c5ccccc5)c4)n3)cc2F)nc2ccc(C(=O)O)cc21.COCCn1c(Cc2cc(F)c(-c3cccc(OCc4cnn(-c5ccccc5)c4)n3)cc2F)nc2ccc(C(=O)O)cc21. The quantitative estimate of drug-likeness (QED) is 0.0605. The number of aromatic carboxylic acids is 2. The van der Waals surface area contributed by atoms with Crippen molar-refractivity contribution in [3.05, 3.63) is 251 Å². The van der Waals surface area contributed by atoms with Crippen molar-refractivity contribution in [3.63, 3.8) is 0 Å². The molecule has 2 N–H and O–H groups in total. The number of carboxylic acid groups (broad SMARTS) is 2. The van der Waals surface area contributed by atoms with Crippen LogP contribution in [0.3, 0.4) is 0 Å². The van der Waals surface area contributed by atoms with Gasteiger partial charge in [-0.25, -0.2) is 56.5 Å². The van der Waals surface area contributed by atoms with Crippen LogP contribution in [0.1, 0.15) is 54.6 Å². The number of halogens is 4. The summed E-state index contributed by atoms with van der Waals surface area (Å²) in [7, 11) is 3.09. The average molecular weight is 1190 g/mol. The van der Waals surface area contributed by atoms with E-state index in [1.54, 1.807) is 93.6 Å². The Labute approximate surface area is 500 Å². The molecule has 444 valence electrons. The van der Waals surface area contributed by atoms with Gasteiger partial charge in [-0.2, -0.15) is 10.2 Å². The van der Waals surface area contributed by atoms with Crippen LogP contribution >= 0.6 is 0 Å². The Bertz CT molecular complexity index is 4190. The van der Waals surface area contributed by atoms with E-state index in [-0.39, 0.29) is 82.6 Å². The molecule has 0 fully saturated rings. The van der Waals surface area contributed by atoms with Gasteiger partial charge in [0.2, 0.25) is 11.8 Å². The fourth-order valence-corrected chi connectivity index (χ4v) is 9.84. The smallest absolute Gasteiger partial charge is 0.335 e. The predicted octanol–water partition coefficient (Wildman–Crippen LogP) is 12.2. The van der Waals surface area contributed by atoms with Gasteiger partial charge in [0.1, 0.15) is 48.1 Å². The number of rotatable bonds is 22. The van der Waals surface area contributed by atoms with Crippen molar-refractivity contribution in [2.24, 2.45) is 0 Å². The van der Waals surface area contributed by atoms with E-state index in [2.05, 4.69) is 30.1 Å². The number of pyridine rings is 2. The first-order chi connectivity index (χ1) is 42.8. The molecule has 0 bridgehead atoms. The number of aromatic nitrogens is 10. The first kappa shape index (κ1) is 58.9. The third kappa shape index (κ3) is 13.5. The minimum atomic E-state index is -1.07. The number of ether oxygens (including phenoxy) is 4. The minimum Gasteiger partial charge on any atom is -0.478 e. The van der Waals surface area contributed by atoms with Gasteiger partial charge in [0.05, 0.1) is 81.6 Å². The molecule has 0 saturated carbocycles. The van der Waals surface area contributed by atoms with E-state index in [4.69, 9.17) is 18.9 Å². The number of carboxylic acids is 2. The van der Waals surface area contributed by atoms with Gasteiger partial charge in [0.15, 0.2) is 0 Å². The highest BCUT2D eigenvalue weighted by molar-refractivity contribution is 5.93. The Balaban J connectivity index is 0.000000182. The van der Waals surface area contributed by atoms with Crippen LogP contribution in [-0.4, -0.2) is 98.2 Å². The molecule has 0 aliphatic rings. The summed E-state index contributed by atoms with van der Waals surface area (Å²) in [5, 5.41) is 27.5. The van der Waals surface area contributed by atoms with Crippen molar-refractivity contribution in [3.8, 4) is 45.6 Å². The van der Waals surface area contributed by atoms with Gasteiger partial charge in [0, 0.05) is 86.9 Å². The van der Waals surface area contributed by atoms with Crippen molar-refractivity contribution < 1.29 is 56.3 Å². The zero-order valence-electron chi connectivity index (χ0n) is 47.3. The molecule has 88 heavy (non-hydrogen) atoms. The van der Waals surface area contributed by atoms with E-state index in [0.29, 0.717) is 60.0 Å². The second-order valence-corrected chi connectivity index (χ2v) is 20.1. The van der Waals surface area contributed by atoms with Crippen LogP contribution in [0.2, 0.25) is 0 Å². The van der Waals surface area contributed by atoms with Gasteiger partial charge in [-0.05, 0) is 108 Å². The number of imidazole rings is 2. The fraction of sp³-hybridized carbons (Fsp3) is 0.152. The number of benzene rings is 6. The molecule has 12 aromatic rings. The molecule has 6 aromatic heterocycles. The Morgan fingerprint density at radius 1 is 0.477 bits per heavy atom. The molecule has 22 heteroatoms. The van der Waals surface area contributed by atoms with Crippen LogP contribution in [0.15, 0.2) is 183 Å². The van der Waals surface area contributed by atoms with Gasteiger partial charge in [-0.15, -0.1) is 0 Å². The highest BCUT2D eigenvalue weighted by Gasteiger charge is 2.21. The summed E-state index contributed by atoms with van der Waals surface area (Å²) < 4.78 is 90.9. The number of carbonyl (C=O) groups is 2. The van der Waals surface area contributed by atoms with Gasteiger partial charge < -0.3 is 38.3 Å². The van der Waals surface area contributed by atoms with E-state index in [1.165, 1.54) is 24.3 Å². The first-order valence-corrected chi connectivity index (χ1v) is 27.6. The van der Waals surface area contributed by atoms with Crippen LogP contribution in [0, 0.1) is 23.3 Å². The second-order valence-electron chi connectivity index (χ2n) is 20.1. The molecule has 12 rings (SSSR count). The van der Waals surface area contributed by atoms with E-state index in [9.17, 15) is 19.8 Å². The zero-order chi connectivity index (χ0) is 61.3. The van der Waals surface area contributed by atoms with Gasteiger partial charge in [-0.3, -0.25) is 0 Å². The third-order valence-corrected chi connectivity index (χ3v) is 14.2. The third-order valence-electron chi connectivity index (χ3n) is 14.2. The summed E-state index contributed by atoms with van der Waals surface area (Å²) in [4.78, 5) is 41.0. The van der Waals surface area contributed by atoms with Gasteiger partial charge >= 0.3 is 11.9 Å². The summed E-state index contributed by atoms with van der Waals surface area (Å²) in [6, 6.07) is 42.8. The van der Waals surface area contributed by atoms with Crippen LogP contribution in [-0.2, 0) is 48.6 Å². The largest absolute Gasteiger partial charge is 0.478 e. The number of nitrogens with zero attached hydrogens (tertiary/aromatic N) is 10. The Morgan fingerprint density at radius 2 is 0.898 bits per heavy atom. The molecule has 0 aliphatic heterocycles. The molecular formula is C66H54F4N10O8. The highest BCUT2D eigenvalue weighted by Crippen LogP contribution is 2.31. The topological polar surface area (TPSA) is 209 Å². The fourth-order valence-electron chi connectivity index (χ4n) is 9.84. The van der Waals surface area contributed by atoms with Crippen molar-refractivity contribution in [1.82, 2.24) is 48.6 Å². The lowest BCUT2D eigenvalue weighted by Gasteiger charge is -2.12. The number of hydrogen-bond donors (Lipinski definition) is 2. The zero-order valence-corrected chi connectivity index (χ0v) is 47.3. The van der Waals surface area contributed by atoms with Crippen molar-refractivity contribution in [1.29, 1.82) is 0 Å². The van der Waals surface area contributed by atoms with Crippen LogP contribution in [0.25, 0.3) is 56.0 Å². The lowest BCUT2D eigenvalue weighted by atomic mass is 10.0. The van der Waals surface area contributed by atoms with Crippen molar-refractivity contribution in [2.45, 2.75) is 39.1 Å². The Hall–Kier alpha value is -10.8. The minimum absolute atomic E-state index is 0.00687. The maximum absolute atomic E-state index is 15.4. The van der Waals surface area contributed by atoms with E-state index < -0.39 is 35.2 Å². The normalized spacial score (nSPS) is 11.2. The predicted molar refractivity (Wildman–Crippen MR) is 318 cm³/mol. The number of hydrogen-bond acceptors (Lipinski definition) is 12. The monoisotopic (exact) mass is 1190 g/mol. The molecule has 0 unspecified atom stereocenters. The molecule has 18 nitrogen and oxygen atoms in total. The maximum Gasteiger partial charge on any atom is 0.335 e. The Kier molecular flexibility index (Phi) is 17.8. The van der Waals surface area contributed by atoms with Gasteiger partial charge in [0.25, 0.3) is 0 Å². The summed E-state index contributed by atoms with van der Waals surface area (Å²) in [5.74, 6) is -3.27. The lowest BCUT2D eigenvalue weighted by Crippen LogP contribution is -2.10. The molecule has 0 aliphatic carbocycles.